The van der Waals surface area contributed by atoms with Gasteiger partial charge < -0.3 is 0 Å². The Morgan fingerprint density at radius 3 is 1.97 bits per heavy atom. The third-order valence-corrected chi connectivity index (χ3v) is 7.42. The first-order chi connectivity index (χ1) is 17.4. The van der Waals surface area contributed by atoms with E-state index >= 15 is 0 Å². The Balaban J connectivity index is 1.31. The van der Waals surface area contributed by atoms with Crippen LogP contribution in [-0.4, -0.2) is 9.55 Å². The average molecular weight is 445 g/mol. The van der Waals surface area contributed by atoms with Crippen molar-refractivity contribution >= 4 is 32.7 Å². The third-order valence-electron chi connectivity index (χ3n) is 7.42. The van der Waals surface area contributed by atoms with Gasteiger partial charge in [0.25, 0.3) is 0 Å². The molecule has 0 unspecified atom stereocenters. The van der Waals surface area contributed by atoms with Crippen LogP contribution in [0.2, 0.25) is 0 Å². The van der Waals surface area contributed by atoms with E-state index in [0.29, 0.717) is 0 Å². The molecular formula is C33H20N2. The highest BCUT2D eigenvalue weighted by molar-refractivity contribution is 6.18. The van der Waals surface area contributed by atoms with Crippen molar-refractivity contribution in [1.29, 1.82) is 0 Å². The summed E-state index contributed by atoms with van der Waals surface area (Å²) in [6.07, 6.45) is 1.87. The van der Waals surface area contributed by atoms with Gasteiger partial charge >= 0.3 is 0 Å². The standard InChI is InChI=1S/C33H20N2/c1-2-8-25-24(7-1)28-11-5-10-27-23(18-19-29(25)32(27)28)21-14-16-22(17-15-21)35-31-13-4-3-9-26(31)30-12-6-20-34-33(30)35/h1-20H. The van der Waals surface area contributed by atoms with Crippen molar-refractivity contribution in [3.63, 3.8) is 0 Å². The number of rotatable bonds is 2. The molecule has 7 aromatic rings. The van der Waals surface area contributed by atoms with Crippen LogP contribution in [0.4, 0.5) is 0 Å². The molecule has 0 aliphatic heterocycles. The van der Waals surface area contributed by atoms with Crippen molar-refractivity contribution in [1.82, 2.24) is 9.55 Å². The van der Waals surface area contributed by atoms with Gasteiger partial charge in [-0.3, -0.25) is 4.57 Å². The van der Waals surface area contributed by atoms with Crippen LogP contribution in [0.15, 0.2) is 121 Å². The number of fused-ring (bicyclic) bond motifs is 6. The van der Waals surface area contributed by atoms with Crippen molar-refractivity contribution in [2.24, 2.45) is 0 Å². The van der Waals surface area contributed by atoms with Crippen LogP contribution in [0.3, 0.4) is 0 Å². The van der Waals surface area contributed by atoms with Gasteiger partial charge in [-0.1, -0.05) is 84.9 Å². The second kappa shape index (κ2) is 6.91. The molecule has 35 heavy (non-hydrogen) atoms. The first-order valence-corrected chi connectivity index (χ1v) is 12.0. The Kier molecular flexibility index (Phi) is 3.69. The number of para-hydroxylation sites is 1. The van der Waals surface area contributed by atoms with E-state index < -0.39 is 0 Å². The first kappa shape index (κ1) is 18.7. The van der Waals surface area contributed by atoms with Crippen molar-refractivity contribution in [3.8, 4) is 39.1 Å². The fourth-order valence-electron chi connectivity index (χ4n) is 5.91. The maximum Gasteiger partial charge on any atom is 0.145 e. The monoisotopic (exact) mass is 444 g/mol. The lowest BCUT2D eigenvalue weighted by atomic mass is 9.94. The molecule has 1 aliphatic carbocycles. The van der Waals surface area contributed by atoms with E-state index in [-0.39, 0.29) is 0 Å². The fraction of sp³-hybridized carbons (Fsp3) is 0. The number of nitrogens with zero attached hydrogens (tertiary/aromatic N) is 2. The molecule has 0 radical (unpaired) electrons. The third kappa shape index (κ3) is 2.51. The summed E-state index contributed by atoms with van der Waals surface area (Å²) in [6.45, 7) is 0. The van der Waals surface area contributed by atoms with Crippen LogP contribution >= 0.6 is 0 Å². The molecule has 0 saturated carbocycles. The van der Waals surface area contributed by atoms with Crippen molar-refractivity contribution in [2.45, 2.75) is 0 Å². The second-order valence-electron chi connectivity index (χ2n) is 9.21. The molecule has 0 saturated heterocycles. The smallest absolute Gasteiger partial charge is 0.145 e. The predicted octanol–water partition coefficient (Wildman–Crippen LogP) is 8.65. The molecule has 2 heteroatoms. The van der Waals surface area contributed by atoms with E-state index in [0.717, 1.165) is 11.3 Å². The first-order valence-electron chi connectivity index (χ1n) is 12.0. The maximum atomic E-state index is 4.73. The van der Waals surface area contributed by atoms with E-state index in [2.05, 4.69) is 114 Å². The van der Waals surface area contributed by atoms with Gasteiger partial charge in [-0.05, 0) is 74.5 Å². The Morgan fingerprint density at radius 2 is 1.11 bits per heavy atom. The predicted molar refractivity (Wildman–Crippen MR) is 146 cm³/mol. The summed E-state index contributed by atoms with van der Waals surface area (Å²) >= 11 is 0. The summed E-state index contributed by atoms with van der Waals surface area (Å²) in [5.41, 5.74) is 11.1. The normalized spacial score (nSPS) is 12.0. The average Bonchev–Trinajstić information content (AvgIpc) is 3.44. The van der Waals surface area contributed by atoms with Crippen molar-refractivity contribution < 1.29 is 0 Å². The summed E-state index contributed by atoms with van der Waals surface area (Å²) in [5, 5.41) is 5.08. The van der Waals surface area contributed by atoms with Crippen LogP contribution in [0.1, 0.15) is 0 Å². The molecule has 2 nitrogen and oxygen atoms in total. The number of benzene rings is 5. The van der Waals surface area contributed by atoms with E-state index in [1.54, 1.807) is 0 Å². The van der Waals surface area contributed by atoms with Crippen molar-refractivity contribution in [2.75, 3.05) is 0 Å². The molecule has 0 atom stereocenters. The van der Waals surface area contributed by atoms with Gasteiger partial charge in [0.15, 0.2) is 0 Å². The fourth-order valence-corrected chi connectivity index (χ4v) is 5.91. The lowest BCUT2D eigenvalue weighted by Crippen LogP contribution is -1.95. The van der Waals surface area contributed by atoms with Gasteiger partial charge in [-0.25, -0.2) is 4.98 Å². The molecule has 8 rings (SSSR count). The molecule has 0 fully saturated rings. The van der Waals surface area contributed by atoms with Gasteiger partial charge in [0.2, 0.25) is 0 Å². The highest BCUT2D eigenvalue weighted by Crippen LogP contribution is 2.49. The zero-order chi connectivity index (χ0) is 22.9. The Bertz CT molecular complexity index is 1860. The van der Waals surface area contributed by atoms with Crippen LogP contribution in [0.5, 0.6) is 0 Å². The molecule has 0 amide bonds. The molecule has 162 valence electrons. The molecule has 2 aromatic heterocycles. The summed E-state index contributed by atoms with van der Waals surface area (Å²) in [5.74, 6) is 0. The van der Waals surface area contributed by atoms with E-state index in [1.165, 1.54) is 60.4 Å². The minimum Gasteiger partial charge on any atom is -0.294 e. The second-order valence-corrected chi connectivity index (χ2v) is 9.21. The Labute approximate surface area is 202 Å². The Morgan fingerprint density at radius 1 is 0.457 bits per heavy atom. The largest absolute Gasteiger partial charge is 0.294 e. The topological polar surface area (TPSA) is 17.8 Å². The van der Waals surface area contributed by atoms with Gasteiger partial charge in [-0.15, -0.1) is 0 Å². The maximum absolute atomic E-state index is 4.73. The van der Waals surface area contributed by atoms with E-state index in [1.807, 2.05) is 12.3 Å². The zero-order valence-corrected chi connectivity index (χ0v) is 18.9. The molecular weight excluding hydrogens is 424 g/mol. The molecule has 0 bridgehead atoms. The van der Waals surface area contributed by atoms with Crippen LogP contribution < -0.4 is 0 Å². The molecule has 0 N–H and O–H groups in total. The number of aromatic nitrogens is 2. The van der Waals surface area contributed by atoms with Crippen LogP contribution in [-0.2, 0) is 0 Å². The lowest BCUT2D eigenvalue weighted by molar-refractivity contribution is 1.14. The molecule has 5 aromatic carbocycles. The van der Waals surface area contributed by atoms with E-state index in [4.69, 9.17) is 4.98 Å². The zero-order valence-electron chi connectivity index (χ0n) is 18.9. The van der Waals surface area contributed by atoms with Crippen LogP contribution in [0.25, 0.3) is 71.8 Å². The Hall–Kier alpha value is -4.69. The summed E-state index contributed by atoms with van der Waals surface area (Å²) in [6, 6.07) is 41.6. The van der Waals surface area contributed by atoms with Gasteiger partial charge in [-0.2, -0.15) is 0 Å². The number of hydrogen-bond donors (Lipinski definition) is 0. The summed E-state index contributed by atoms with van der Waals surface area (Å²) in [4.78, 5) is 4.73. The summed E-state index contributed by atoms with van der Waals surface area (Å²) < 4.78 is 2.26. The lowest BCUT2D eigenvalue weighted by Gasteiger charge is -2.12. The van der Waals surface area contributed by atoms with E-state index in [9.17, 15) is 0 Å². The van der Waals surface area contributed by atoms with Crippen LogP contribution in [0, 0.1) is 0 Å². The summed E-state index contributed by atoms with van der Waals surface area (Å²) in [7, 11) is 0. The minimum atomic E-state index is 0.990. The minimum absolute atomic E-state index is 0.990. The highest BCUT2D eigenvalue weighted by atomic mass is 15.0. The SMILES string of the molecule is c1ccc2c(c1)-c1cccc3c(-c4ccc(-n5c6ccccc6c6cccnc65)cc4)ccc-2c13. The molecule has 1 aliphatic rings. The highest BCUT2D eigenvalue weighted by Gasteiger charge is 2.22. The molecule has 0 spiro atoms. The van der Waals surface area contributed by atoms with Gasteiger partial charge in [0.1, 0.15) is 5.65 Å². The number of pyridine rings is 1. The number of hydrogen-bond acceptors (Lipinski definition) is 1. The quantitative estimate of drug-likeness (QED) is 0.261. The van der Waals surface area contributed by atoms with Gasteiger partial charge in [0, 0.05) is 22.7 Å². The molecule has 2 heterocycles. The van der Waals surface area contributed by atoms with Gasteiger partial charge in [0.05, 0.1) is 5.52 Å². The van der Waals surface area contributed by atoms with Crippen molar-refractivity contribution in [3.05, 3.63) is 121 Å².